The lowest BCUT2D eigenvalue weighted by atomic mass is 10.1. The molecule has 0 saturated heterocycles. The van der Waals surface area contributed by atoms with E-state index in [0.29, 0.717) is 17.1 Å². The minimum Gasteiger partial charge on any atom is -0.310 e. The predicted octanol–water partition coefficient (Wildman–Crippen LogP) is 4.48. The van der Waals surface area contributed by atoms with E-state index in [9.17, 15) is 13.2 Å². The summed E-state index contributed by atoms with van der Waals surface area (Å²) < 4.78 is 40.3. The highest BCUT2D eigenvalue weighted by Gasteiger charge is 2.12. The van der Waals surface area contributed by atoms with Gasteiger partial charge in [-0.1, -0.05) is 17.7 Å². The van der Waals surface area contributed by atoms with Crippen LogP contribution in [0.4, 0.5) is 13.2 Å². The maximum absolute atomic E-state index is 13.5. The maximum Gasteiger partial charge on any atom is 0.129 e. The minimum atomic E-state index is -0.558. The van der Waals surface area contributed by atoms with Gasteiger partial charge in [0, 0.05) is 23.2 Å². The summed E-state index contributed by atoms with van der Waals surface area (Å²) in [4.78, 5) is 0. The molecule has 0 fully saturated rings. The highest BCUT2D eigenvalue weighted by Crippen LogP contribution is 2.16. The van der Waals surface area contributed by atoms with Crippen LogP contribution in [0.1, 0.15) is 18.1 Å². The van der Waals surface area contributed by atoms with Crippen LogP contribution in [-0.2, 0) is 13.0 Å². The van der Waals surface area contributed by atoms with Crippen LogP contribution >= 0.6 is 11.6 Å². The highest BCUT2D eigenvalue weighted by atomic mass is 35.5. The van der Waals surface area contributed by atoms with Crippen molar-refractivity contribution < 1.29 is 13.2 Å². The second kappa shape index (κ2) is 6.96. The van der Waals surface area contributed by atoms with E-state index in [4.69, 9.17) is 11.6 Å². The molecule has 0 aromatic heterocycles. The molecule has 0 heterocycles. The molecule has 0 aliphatic rings. The van der Waals surface area contributed by atoms with Crippen molar-refractivity contribution in [2.75, 3.05) is 0 Å². The van der Waals surface area contributed by atoms with Gasteiger partial charge in [-0.15, -0.1) is 0 Å². The van der Waals surface area contributed by atoms with E-state index >= 15 is 0 Å². The van der Waals surface area contributed by atoms with Crippen LogP contribution in [0.25, 0.3) is 0 Å². The molecule has 5 heteroatoms. The first kappa shape index (κ1) is 15.9. The second-order valence-electron chi connectivity index (χ2n) is 4.96. The summed E-state index contributed by atoms with van der Waals surface area (Å²) >= 11 is 5.77. The number of rotatable bonds is 5. The van der Waals surface area contributed by atoms with Crippen LogP contribution in [-0.4, -0.2) is 6.04 Å². The second-order valence-corrected chi connectivity index (χ2v) is 5.40. The van der Waals surface area contributed by atoms with Crippen molar-refractivity contribution in [3.8, 4) is 0 Å². The molecule has 0 aliphatic carbocycles. The van der Waals surface area contributed by atoms with Gasteiger partial charge in [0.2, 0.25) is 0 Å². The van der Waals surface area contributed by atoms with Crippen molar-refractivity contribution in [3.05, 3.63) is 70.0 Å². The van der Waals surface area contributed by atoms with Gasteiger partial charge in [0.05, 0.1) is 0 Å². The van der Waals surface area contributed by atoms with E-state index in [-0.39, 0.29) is 18.0 Å². The fourth-order valence-corrected chi connectivity index (χ4v) is 2.36. The first-order valence-electron chi connectivity index (χ1n) is 6.57. The normalized spacial score (nSPS) is 12.4. The molecule has 0 radical (unpaired) electrons. The summed E-state index contributed by atoms with van der Waals surface area (Å²) in [5.74, 6) is -1.53. The fraction of sp³-hybridized carbons (Fsp3) is 0.250. The van der Waals surface area contributed by atoms with Crippen LogP contribution in [0.5, 0.6) is 0 Å². The summed E-state index contributed by atoms with van der Waals surface area (Å²) in [6.45, 7) is 2.18. The standard InChI is InChI=1S/C16H15ClF3N/c1-10(5-14-15(19)3-2-4-16(14)20)21-9-11-6-12(17)8-13(18)7-11/h2-4,6-8,10,21H,5,9H2,1H3. The van der Waals surface area contributed by atoms with Crippen LogP contribution in [0.3, 0.4) is 0 Å². The molecule has 21 heavy (non-hydrogen) atoms. The average Bonchev–Trinajstić information content (AvgIpc) is 2.40. The largest absolute Gasteiger partial charge is 0.310 e. The number of hydrogen-bond donors (Lipinski definition) is 1. The molecular formula is C16H15ClF3N. The lowest BCUT2D eigenvalue weighted by Gasteiger charge is -2.15. The van der Waals surface area contributed by atoms with Gasteiger partial charge in [-0.25, -0.2) is 13.2 Å². The van der Waals surface area contributed by atoms with Crippen molar-refractivity contribution in [2.45, 2.75) is 25.9 Å². The van der Waals surface area contributed by atoms with Crippen LogP contribution < -0.4 is 5.32 Å². The molecule has 0 bridgehead atoms. The Morgan fingerprint density at radius 1 is 1.10 bits per heavy atom. The van der Waals surface area contributed by atoms with Gasteiger partial charge in [0.1, 0.15) is 17.5 Å². The average molecular weight is 314 g/mol. The van der Waals surface area contributed by atoms with E-state index in [1.807, 2.05) is 6.92 Å². The molecule has 0 saturated carbocycles. The fourth-order valence-electron chi connectivity index (χ4n) is 2.11. The Hall–Kier alpha value is -1.52. The predicted molar refractivity (Wildman–Crippen MR) is 77.8 cm³/mol. The molecule has 2 aromatic carbocycles. The molecule has 1 atom stereocenters. The van der Waals surface area contributed by atoms with Crippen molar-refractivity contribution in [3.63, 3.8) is 0 Å². The van der Waals surface area contributed by atoms with E-state index in [1.165, 1.54) is 30.3 Å². The Morgan fingerprint density at radius 3 is 2.38 bits per heavy atom. The molecule has 1 N–H and O–H groups in total. The monoisotopic (exact) mass is 313 g/mol. The van der Waals surface area contributed by atoms with Crippen molar-refractivity contribution >= 4 is 11.6 Å². The Bertz CT molecular complexity index is 590. The van der Waals surface area contributed by atoms with Gasteiger partial charge in [-0.3, -0.25) is 0 Å². The van der Waals surface area contributed by atoms with E-state index in [0.717, 1.165) is 0 Å². The highest BCUT2D eigenvalue weighted by molar-refractivity contribution is 6.30. The van der Waals surface area contributed by atoms with E-state index in [1.54, 1.807) is 6.07 Å². The molecule has 0 spiro atoms. The van der Waals surface area contributed by atoms with Crippen LogP contribution in [0.2, 0.25) is 5.02 Å². The quantitative estimate of drug-likeness (QED) is 0.858. The Morgan fingerprint density at radius 2 is 1.76 bits per heavy atom. The van der Waals surface area contributed by atoms with E-state index < -0.39 is 17.5 Å². The van der Waals surface area contributed by atoms with Gasteiger partial charge in [-0.05, 0) is 49.2 Å². The van der Waals surface area contributed by atoms with Gasteiger partial charge in [-0.2, -0.15) is 0 Å². The summed E-state index contributed by atoms with van der Waals surface area (Å²) in [6.07, 6.45) is 0.210. The summed E-state index contributed by atoms with van der Waals surface area (Å²) in [5.41, 5.74) is 0.732. The van der Waals surface area contributed by atoms with Crippen molar-refractivity contribution in [1.82, 2.24) is 5.32 Å². The minimum absolute atomic E-state index is 0.0507. The third kappa shape index (κ3) is 4.48. The van der Waals surface area contributed by atoms with Gasteiger partial charge < -0.3 is 5.32 Å². The zero-order valence-corrected chi connectivity index (χ0v) is 12.2. The molecule has 2 aromatic rings. The smallest absolute Gasteiger partial charge is 0.129 e. The van der Waals surface area contributed by atoms with Crippen LogP contribution in [0.15, 0.2) is 36.4 Å². The van der Waals surface area contributed by atoms with E-state index in [2.05, 4.69) is 5.32 Å². The Balaban J connectivity index is 1.97. The number of nitrogens with one attached hydrogen (secondary N) is 1. The lowest BCUT2D eigenvalue weighted by Crippen LogP contribution is -2.28. The van der Waals surface area contributed by atoms with Crippen molar-refractivity contribution in [1.29, 1.82) is 0 Å². The third-order valence-corrected chi connectivity index (χ3v) is 3.37. The maximum atomic E-state index is 13.5. The topological polar surface area (TPSA) is 12.0 Å². The zero-order chi connectivity index (χ0) is 15.4. The molecule has 0 aliphatic heterocycles. The first-order chi connectivity index (χ1) is 9.95. The van der Waals surface area contributed by atoms with Gasteiger partial charge in [0.15, 0.2) is 0 Å². The molecular weight excluding hydrogens is 299 g/mol. The van der Waals surface area contributed by atoms with Crippen molar-refractivity contribution in [2.24, 2.45) is 0 Å². The molecule has 0 amide bonds. The zero-order valence-electron chi connectivity index (χ0n) is 11.5. The summed E-state index contributed by atoms with van der Waals surface area (Å²) in [6, 6.07) is 7.88. The molecule has 2 rings (SSSR count). The summed E-state index contributed by atoms with van der Waals surface area (Å²) in [5, 5.41) is 3.42. The Labute approximate surface area is 126 Å². The van der Waals surface area contributed by atoms with Crippen LogP contribution in [0, 0.1) is 17.5 Å². The number of hydrogen-bond acceptors (Lipinski definition) is 1. The summed E-state index contributed by atoms with van der Waals surface area (Å²) in [7, 11) is 0. The van der Waals surface area contributed by atoms with Gasteiger partial charge in [0.25, 0.3) is 0 Å². The van der Waals surface area contributed by atoms with Gasteiger partial charge >= 0.3 is 0 Å². The molecule has 1 nitrogen and oxygen atoms in total. The lowest BCUT2D eigenvalue weighted by molar-refractivity contribution is 0.498. The number of halogens is 4. The molecule has 1 unspecified atom stereocenters. The molecule has 112 valence electrons. The third-order valence-electron chi connectivity index (χ3n) is 3.15. The SMILES string of the molecule is CC(Cc1c(F)cccc1F)NCc1cc(F)cc(Cl)c1. The Kier molecular flexibility index (Phi) is 5.26. The number of benzene rings is 2. The first-order valence-corrected chi connectivity index (χ1v) is 6.94.